The average molecular weight is 216 g/mol. The maximum Gasteiger partial charge on any atom is 0.109 e. The first-order chi connectivity index (χ1) is 6.07. The van der Waals surface area contributed by atoms with Crippen LogP contribution in [0.5, 0.6) is 0 Å². The Bertz CT molecular complexity index is 179. The van der Waals surface area contributed by atoms with E-state index >= 15 is 0 Å². The predicted octanol–water partition coefficient (Wildman–Crippen LogP) is 1.77. The second-order valence-electron chi connectivity index (χ2n) is 3.93. The number of rotatable bonds is 3. The van der Waals surface area contributed by atoms with Crippen LogP contribution in [0.15, 0.2) is 0 Å². The molecule has 0 aromatic heterocycles. The normalized spacial score (nSPS) is 45.4. The van der Waals surface area contributed by atoms with Crippen molar-refractivity contribution >= 4 is 33.1 Å². The largest absolute Gasteiger partial charge is 0.380 e. The van der Waals surface area contributed by atoms with Crippen LogP contribution in [0.25, 0.3) is 0 Å². The highest BCUT2D eigenvalue weighted by atomic mass is 32.1. The lowest BCUT2D eigenvalue weighted by Gasteiger charge is -2.31. The van der Waals surface area contributed by atoms with E-state index in [2.05, 4.69) is 39.1 Å². The van der Waals surface area contributed by atoms with Gasteiger partial charge in [0.15, 0.2) is 0 Å². The Morgan fingerprint density at radius 3 is 2.31 bits per heavy atom. The Kier molecular flexibility index (Phi) is 4.08. The van der Waals surface area contributed by atoms with Crippen LogP contribution in [0.1, 0.15) is 20.3 Å². The van der Waals surface area contributed by atoms with Gasteiger partial charge in [0.1, 0.15) is 7.85 Å². The van der Waals surface area contributed by atoms with Gasteiger partial charge in [0, 0.05) is 11.8 Å². The van der Waals surface area contributed by atoms with E-state index in [4.69, 9.17) is 12.6 Å². The molecule has 0 N–H and O–H groups in total. The summed E-state index contributed by atoms with van der Waals surface area (Å²) in [4.78, 5) is 0. The standard InChI is InChI=1S/C9H17BOS2/c1-6-7(2)9(5-13,3-4-12)11-8(6)10/h6-8,12-13H,3-5H2,1-2H3/t6-,7?,8+,9+/m0/s1. The quantitative estimate of drug-likeness (QED) is 0.540. The molecule has 1 unspecified atom stereocenters. The highest BCUT2D eigenvalue weighted by Crippen LogP contribution is 2.42. The molecule has 0 amide bonds. The zero-order chi connectivity index (χ0) is 10.1. The molecule has 1 heterocycles. The molecule has 0 aliphatic carbocycles. The van der Waals surface area contributed by atoms with Gasteiger partial charge in [-0.3, -0.25) is 0 Å². The SMILES string of the molecule is [B][C@@H]1O[C@@](CS)(CCS)C(C)[C@@H]1C. The zero-order valence-electron chi connectivity index (χ0n) is 8.23. The van der Waals surface area contributed by atoms with Crippen molar-refractivity contribution in [2.45, 2.75) is 31.9 Å². The van der Waals surface area contributed by atoms with E-state index in [0.29, 0.717) is 11.8 Å². The molecule has 0 bridgehead atoms. The molecule has 0 aromatic carbocycles. The summed E-state index contributed by atoms with van der Waals surface area (Å²) in [6, 6.07) is -0.137. The molecule has 1 aliphatic rings. The molecule has 13 heavy (non-hydrogen) atoms. The van der Waals surface area contributed by atoms with Gasteiger partial charge in [0.2, 0.25) is 0 Å². The van der Waals surface area contributed by atoms with E-state index in [1.54, 1.807) is 0 Å². The van der Waals surface area contributed by atoms with Gasteiger partial charge < -0.3 is 4.74 Å². The van der Waals surface area contributed by atoms with Crippen LogP contribution in [-0.4, -0.2) is 31.0 Å². The summed E-state index contributed by atoms with van der Waals surface area (Å²) in [5.74, 6) is 2.43. The van der Waals surface area contributed by atoms with Crippen LogP contribution >= 0.6 is 25.3 Å². The predicted molar refractivity (Wildman–Crippen MR) is 64.0 cm³/mol. The van der Waals surface area contributed by atoms with Gasteiger partial charge in [0.05, 0.1) is 5.60 Å². The summed E-state index contributed by atoms with van der Waals surface area (Å²) in [5, 5.41) is 0. The topological polar surface area (TPSA) is 9.23 Å². The molecule has 74 valence electrons. The molecule has 0 aromatic rings. The maximum absolute atomic E-state index is 5.87. The molecule has 0 spiro atoms. The third-order valence-electron chi connectivity index (χ3n) is 3.31. The summed E-state index contributed by atoms with van der Waals surface area (Å²) in [7, 11) is 5.87. The minimum Gasteiger partial charge on any atom is -0.380 e. The molecule has 4 atom stereocenters. The lowest BCUT2D eigenvalue weighted by atomic mass is 9.77. The van der Waals surface area contributed by atoms with Crippen molar-refractivity contribution in [3.63, 3.8) is 0 Å². The molecule has 1 nitrogen and oxygen atoms in total. The first-order valence-electron chi connectivity index (χ1n) is 4.72. The number of hydrogen-bond acceptors (Lipinski definition) is 3. The van der Waals surface area contributed by atoms with Crippen LogP contribution in [0.2, 0.25) is 0 Å². The molecular formula is C9H17BOS2. The Labute approximate surface area is 93.2 Å². The van der Waals surface area contributed by atoms with Crippen LogP contribution in [0.4, 0.5) is 0 Å². The van der Waals surface area contributed by atoms with Gasteiger partial charge in [-0.2, -0.15) is 25.3 Å². The molecule has 0 saturated carbocycles. The Morgan fingerprint density at radius 2 is 2.00 bits per heavy atom. The van der Waals surface area contributed by atoms with E-state index < -0.39 is 0 Å². The van der Waals surface area contributed by atoms with Crippen molar-refractivity contribution in [3.8, 4) is 0 Å². The Morgan fingerprint density at radius 1 is 1.38 bits per heavy atom. The molecule has 1 saturated heterocycles. The molecule has 1 aliphatic heterocycles. The monoisotopic (exact) mass is 216 g/mol. The fourth-order valence-corrected chi connectivity index (χ4v) is 2.88. The van der Waals surface area contributed by atoms with E-state index in [0.717, 1.165) is 17.9 Å². The summed E-state index contributed by atoms with van der Waals surface area (Å²) < 4.78 is 5.82. The van der Waals surface area contributed by atoms with Crippen molar-refractivity contribution in [1.82, 2.24) is 0 Å². The van der Waals surface area contributed by atoms with Crippen molar-refractivity contribution in [2.75, 3.05) is 11.5 Å². The van der Waals surface area contributed by atoms with Crippen LogP contribution in [-0.2, 0) is 4.74 Å². The van der Waals surface area contributed by atoms with Gasteiger partial charge in [-0.1, -0.05) is 13.8 Å². The van der Waals surface area contributed by atoms with Crippen LogP contribution in [0.3, 0.4) is 0 Å². The zero-order valence-corrected chi connectivity index (χ0v) is 10.0. The van der Waals surface area contributed by atoms with Gasteiger partial charge in [-0.15, -0.1) is 0 Å². The smallest absolute Gasteiger partial charge is 0.109 e. The van der Waals surface area contributed by atoms with Crippen molar-refractivity contribution in [3.05, 3.63) is 0 Å². The maximum atomic E-state index is 5.87. The second-order valence-corrected chi connectivity index (χ2v) is 4.69. The van der Waals surface area contributed by atoms with E-state index in [1.807, 2.05) is 0 Å². The third kappa shape index (κ3) is 2.05. The number of ether oxygens (including phenoxy) is 1. The van der Waals surface area contributed by atoms with Crippen molar-refractivity contribution in [1.29, 1.82) is 0 Å². The van der Waals surface area contributed by atoms with E-state index in [-0.39, 0.29) is 11.6 Å². The summed E-state index contributed by atoms with van der Waals surface area (Å²) in [6.07, 6.45) is 0.929. The second kappa shape index (κ2) is 4.50. The lowest BCUT2D eigenvalue weighted by Crippen LogP contribution is -2.38. The number of hydrogen-bond donors (Lipinski definition) is 2. The van der Waals surface area contributed by atoms with Gasteiger partial charge >= 0.3 is 0 Å². The van der Waals surface area contributed by atoms with Gasteiger partial charge in [-0.25, -0.2) is 0 Å². The minimum absolute atomic E-state index is 0.137. The fraction of sp³-hybridized carbons (Fsp3) is 1.00. The first kappa shape index (κ1) is 11.8. The van der Waals surface area contributed by atoms with Gasteiger partial charge in [0.25, 0.3) is 0 Å². The van der Waals surface area contributed by atoms with Gasteiger partial charge in [-0.05, 0) is 24.0 Å². The summed E-state index contributed by atoms with van der Waals surface area (Å²) >= 11 is 8.61. The molecule has 2 radical (unpaired) electrons. The highest BCUT2D eigenvalue weighted by Gasteiger charge is 2.47. The van der Waals surface area contributed by atoms with Crippen LogP contribution < -0.4 is 0 Å². The van der Waals surface area contributed by atoms with Crippen molar-refractivity contribution < 1.29 is 4.74 Å². The average Bonchev–Trinajstić information content (AvgIpc) is 2.32. The first-order valence-corrected chi connectivity index (χ1v) is 5.99. The Hall–Kier alpha value is 0.725. The molecule has 1 rings (SSSR count). The molecule has 4 heteroatoms. The van der Waals surface area contributed by atoms with Crippen molar-refractivity contribution in [2.24, 2.45) is 11.8 Å². The number of thiol groups is 2. The minimum atomic E-state index is -0.149. The lowest BCUT2D eigenvalue weighted by molar-refractivity contribution is -0.0134. The highest BCUT2D eigenvalue weighted by molar-refractivity contribution is 7.80. The van der Waals surface area contributed by atoms with E-state index in [9.17, 15) is 0 Å². The van der Waals surface area contributed by atoms with E-state index in [1.165, 1.54) is 0 Å². The summed E-state index contributed by atoms with van der Waals surface area (Å²) in [5.41, 5.74) is -0.149. The molecule has 1 fully saturated rings. The Balaban J connectivity index is 2.76. The van der Waals surface area contributed by atoms with Crippen LogP contribution in [0, 0.1) is 11.8 Å². The third-order valence-corrected chi connectivity index (χ3v) is 4.07. The molecular weight excluding hydrogens is 199 g/mol. The summed E-state index contributed by atoms with van der Waals surface area (Å²) in [6.45, 7) is 4.33. The fourth-order valence-electron chi connectivity index (χ4n) is 1.99.